The number of rotatable bonds is 2. The van der Waals surface area contributed by atoms with E-state index >= 15 is 0 Å². The van der Waals surface area contributed by atoms with Gasteiger partial charge in [-0.15, -0.1) is 0 Å². The Labute approximate surface area is 79.5 Å². The Morgan fingerprint density at radius 3 is 2.57 bits per heavy atom. The molecule has 0 unspecified atom stereocenters. The van der Waals surface area contributed by atoms with Crippen molar-refractivity contribution in [1.82, 2.24) is 10.1 Å². The van der Waals surface area contributed by atoms with Gasteiger partial charge in [0.2, 0.25) is 0 Å². The van der Waals surface area contributed by atoms with Crippen LogP contribution in [0, 0.1) is 5.82 Å². The van der Waals surface area contributed by atoms with Gasteiger partial charge in [-0.2, -0.15) is 4.98 Å². The molecule has 1 aromatic heterocycles. The van der Waals surface area contributed by atoms with Gasteiger partial charge in [-0.1, -0.05) is 5.16 Å². The molecule has 0 atom stereocenters. The number of hydrogen-bond donors (Lipinski definition) is 1. The van der Waals surface area contributed by atoms with Crippen LogP contribution in [0.15, 0.2) is 28.8 Å². The first-order valence-electron chi connectivity index (χ1n) is 4.08. The summed E-state index contributed by atoms with van der Waals surface area (Å²) in [5, 5.41) is 3.63. The minimum atomic E-state index is -0.299. The number of nitrogens with zero attached hydrogens (tertiary/aromatic N) is 2. The summed E-state index contributed by atoms with van der Waals surface area (Å²) in [6.07, 6.45) is 0. The normalized spacial score (nSPS) is 10.4. The van der Waals surface area contributed by atoms with Crippen LogP contribution in [-0.4, -0.2) is 10.1 Å². The van der Waals surface area contributed by atoms with Crippen molar-refractivity contribution in [2.45, 2.75) is 6.54 Å². The molecule has 0 aliphatic heterocycles. The van der Waals surface area contributed by atoms with Crippen LogP contribution < -0.4 is 5.73 Å². The quantitative estimate of drug-likeness (QED) is 0.781. The molecular weight excluding hydrogens is 185 g/mol. The summed E-state index contributed by atoms with van der Waals surface area (Å²) >= 11 is 0. The summed E-state index contributed by atoms with van der Waals surface area (Å²) in [7, 11) is 0. The molecule has 0 aliphatic carbocycles. The van der Waals surface area contributed by atoms with Gasteiger partial charge < -0.3 is 10.3 Å². The fourth-order valence-electron chi connectivity index (χ4n) is 1.05. The molecule has 2 rings (SSSR count). The molecule has 0 bridgehead atoms. The Hall–Kier alpha value is -1.75. The number of hydrogen-bond acceptors (Lipinski definition) is 4. The van der Waals surface area contributed by atoms with E-state index in [2.05, 4.69) is 10.1 Å². The number of benzene rings is 1. The first kappa shape index (κ1) is 8.83. The molecule has 1 aromatic carbocycles. The Bertz CT molecular complexity index is 424. The van der Waals surface area contributed by atoms with Crippen LogP contribution in [0.4, 0.5) is 4.39 Å². The fourth-order valence-corrected chi connectivity index (χ4v) is 1.05. The van der Waals surface area contributed by atoms with Crippen molar-refractivity contribution < 1.29 is 8.91 Å². The molecule has 0 saturated heterocycles. The van der Waals surface area contributed by atoms with Gasteiger partial charge in [0.1, 0.15) is 5.82 Å². The van der Waals surface area contributed by atoms with Crippen LogP contribution in [-0.2, 0) is 6.54 Å². The van der Waals surface area contributed by atoms with Crippen molar-refractivity contribution in [2.75, 3.05) is 0 Å². The fraction of sp³-hybridized carbons (Fsp3) is 0.111. The second-order valence-corrected chi connectivity index (χ2v) is 2.73. The standard InChI is InChI=1S/C9H8FN3O/c10-7-3-1-6(2-4-7)9-12-8(5-11)13-14-9/h1-4H,5,11H2. The van der Waals surface area contributed by atoms with E-state index in [1.165, 1.54) is 12.1 Å². The first-order chi connectivity index (χ1) is 6.79. The minimum Gasteiger partial charge on any atom is -0.334 e. The maximum atomic E-state index is 12.6. The molecule has 5 heteroatoms. The third-order valence-electron chi connectivity index (χ3n) is 1.74. The minimum absolute atomic E-state index is 0.227. The van der Waals surface area contributed by atoms with Crippen LogP contribution in [0.1, 0.15) is 5.82 Å². The topological polar surface area (TPSA) is 64.9 Å². The van der Waals surface area contributed by atoms with Crippen LogP contribution in [0.5, 0.6) is 0 Å². The molecule has 0 radical (unpaired) electrons. The maximum Gasteiger partial charge on any atom is 0.257 e. The van der Waals surface area contributed by atoms with E-state index in [9.17, 15) is 4.39 Å². The summed E-state index contributed by atoms with van der Waals surface area (Å²) in [6, 6.07) is 5.82. The number of aromatic nitrogens is 2. The van der Waals surface area contributed by atoms with Crippen LogP contribution in [0.25, 0.3) is 11.5 Å². The van der Waals surface area contributed by atoms with Gasteiger partial charge in [-0.3, -0.25) is 0 Å². The Morgan fingerprint density at radius 2 is 2.00 bits per heavy atom. The molecular formula is C9H8FN3O. The van der Waals surface area contributed by atoms with E-state index in [1.54, 1.807) is 12.1 Å². The van der Waals surface area contributed by atoms with E-state index in [0.717, 1.165) is 0 Å². The van der Waals surface area contributed by atoms with Gasteiger partial charge in [-0.25, -0.2) is 4.39 Å². The molecule has 1 heterocycles. The van der Waals surface area contributed by atoms with Crippen molar-refractivity contribution in [1.29, 1.82) is 0 Å². The zero-order valence-electron chi connectivity index (χ0n) is 7.27. The summed E-state index contributed by atoms with van der Waals surface area (Å²) in [6.45, 7) is 0.227. The zero-order chi connectivity index (χ0) is 9.97. The summed E-state index contributed by atoms with van der Waals surface area (Å²) in [5.74, 6) is 0.488. The first-order valence-corrected chi connectivity index (χ1v) is 4.08. The van der Waals surface area contributed by atoms with Gasteiger partial charge in [-0.05, 0) is 24.3 Å². The second kappa shape index (κ2) is 3.55. The van der Waals surface area contributed by atoms with E-state index in [-0.39, 0.29) is 12.4 Å². The molecule has 2 aromatic rings. The van der Waals surface area contributed by atoms with Crippen LogP contribution >= 0.6 is 0 Å². The van der Waals surface area contributed by atoms with E-state index in [1.807, 2.05) is 0 Å². The van der Waals surface area contributed by atoms with E-state index in [0.29, 0.717) is 17.3 Å². The molecule has 0 saturated carbocycles. The molecule has 14 heavy (non-hydrogen) atoms. The Balaban J connectivity index is 2.34. The lowest BCUT2D eigenvalue weighted by Crippen LogP contribution is -1.97. The van der Waals surface area contributed by atoms with Crippen LogP contribution in [0.2, 0.25) is 0 Å². The summed E-state index contributed by atoms with van der Waals surface area (Å²) in [4.78, 5) is 4.00. The highest BCUT2D eigenvalue weighted by atomic mass is 19.1. The van der Waals surface area contributed by atoms with Crippen molar-refractivity contribution in [3.8, 4) is 11.5 Å². The average Bonchev–Trinajstić information content (AvgIpc) is 2.67. The molecule has 2 N–H and O–H groups in total. The van der Waals surface area contributed by atoms with Gasteiger partial charge in [0.25, 0.3) is 5.89 Å². The largest absolute Gasteiger partial charge is 0.334 e. The third-order valence-corrected chi connectivity index (χ3v) is 1.74. The lowest BCUT2D eigenvalue weighted by molar-refractivity contribution is 0.422. The molecule has 0 aliphatic rings. The van der Waals surface area contributed by atoms with Crippen molar-refractivity contribution in [2.24, 2.45) is 5.73 Å². The summed E-state index contributed by atoms with van der Waals surface area (Å²) in [5.41, 5.74) is 6.00. The van der Waals surface area contributed by atoms with E-state index < -0.39 is 0 Å². The Morgan fingerprint density at radius 1 is 1.29 bits per heavy atom. The zero-order valence-corrected chi connectivity index (χ0v) is 7.27. The third kappa shape index (κ3) is 1.62. The van der Waals surface area contributed by atoms with Crippen LogP contribution in [0.3, 0.4) is 0 Å². The molecule has 72 valence electrons. The lowest BCUT2D eigenvalue weighted by Gasteiger charge is -1.92. The highest BCUT2D eigenvalue weighted by Gasteiger charge is 2.06. The molecule has 0 spiro atoms. The predicted octanol–water partition coefficient (Wildman–Crippen LogP) is 1.33. The monoisotopic (exact) mass is 193 g/mol. The van der Waals surface area contributed by atoms with Gasteiger partial charge in [0.05, 0.1) is 6.54 Å². The van der Waals surface area contributed by atoms with Crippen molar-refractivity contribution >= 4 is 0 Å². The van der Waals surface area contributed by atoms with Crippen molar-refractivity contribution in [3.05, 3.63) is 35.9 Å². The van der Waals surface area contributed by atoms with Gasteiger partial charge >= 0.3 is 0 Å². The lowest BCUT2D eigenvalue weighted by atomic mass is 10.2. The SMILES string of the molecule is NCc1noc(-c2ccc(F)cc2)n1. The Kier molecular flexibility index (Phi) is 2.24. The number of halogens is 1. The predicted molar refractivity (Wildman–Crippen MR) is 47.6 cm³/mol. The van der Waals surface area contributed by atoms with E-state index in [4.69, 9.17) is 10.3 Å². The molecule has 0 amide bonds. The molecule has 0 fully saturated rings. The highest BCUT2D eigenvalue weighted by Crippen LogP contribution is 2.16. The average molecular weight is 193 g/mol. The van der Waals surface area contributed by atoms with Gasteiger partial charge in [0, 0.05) is 5.56 Å². The smallest absolute Gasteiger partial charge is 0.257 e. The number of nitrogens with two attached hydrogens (primary N) is 1. The maximum absolute atomic E-state index is 12.6. The highest BCUT2D eigenvalue weighted by molar-refractivity contribution is 5.52. The van der Waals surface area contributed by atoms with Gasteiger partial charge in [0.15, 0.2) is 5.82 Å². The second-order valence-electron chi connectivity index (χ2n) is 2.73. The van der Waals surface area contributed by atoms with Crippen molar-refractivity contribution in [3.63, 3.8) is 0 Å². The summed E-state index contributed by atoms with van der Waals surface area (Å²) < 4.78 is 17.5. The molecule has 4 nitrogen and oxygen atoms in total.